The first-order valence-corrected chi connectivity index (χ1v) is 7.13. The van der Waals surface area contributed by atoms with Crippen LogP contribution in [0.25, 0.3) is 0 Å². The van der Waals surface area contributed by atoms with E-state index in [4.69, 9.17) is 4.74 Å². The Labute approximate surface area is 107 Å². The van der Waals surface area contributed by atoms with Gasteiger partial charge in [-0.3, -0.25) is 0 Å². The quantitative estimate of drug-likeness (QED) is 0.519. The minimum Gasteiger partial charge on any atom is -0.389 e. The van der Waals surface area contributed by atoms with Crippen LogP contribution >= 0.6 is 0 Å². The summed E-state index contributed by atoms with van der Waals surface area (Å²) in [5, 5.41) is 12.9. The van der Waals surface area contributed by atoms with Gasteiger partial charge >= 0.3 is 0 Å². The lowest BCUT2D eigenvalue weighted by Crippen LogP contribution is -2.31. The summed E-state index contributed by atoms with van der Waals surface area (Å²) in [6, 6.07) is 0. The Morgan fingerprint density at radius 3 is 2.59 bits per heavy atom. The third kappa shape index (κ3) is 13.8. The van der Waals surface area contributed by atoms with Gasteiger partial charge in [0, 0.05) is 13.2 Å². The van der Waals surface area contributed by atoms with Crippen molar-refractivity contribution in [3.05, 3.63) is 0 Å². The van der Waals surface area contributed by atoms with E-state index in [1.807, 2.05) is 0 Å². The Morgan fingerprint density at radius 1 is 1.18 bits per heavy atom. The molecule has 0 aliphatic carbocycles. The van der Waals surface area contributed by atoms with Gasteiger partial charge in [-0.05, 0) is 25.3 Å². The van der Waals surface area contributed by atoms with Crippen LogP contribution in [-0.2, 0) is 4.74 Å². The van der Waals surface area contributed by atoms with E-state index in [2.05, 4.69) is 26.1 Å². The van der Waals surface area contributed by atoms with E-state index >= 15 is 0 Å². The average molecular weight is 245 g/mol. The molecule has 0 bridgehead atoms. The molecule has 17 heavy (non-hydrogen) atoms. The van der Waals surface area contributed by atoms with E-state index in [1.165, 1.54) is 19.3 Å². The van der Waals surface area contributed by atoms with Crippen molar-refractivity contribution in [1.29, 1.82) is 0 Å². The first kappa shape index (κ1) is 16.9. The third-order valence-electron chi connectivity index (χ3n) is 2.72. The maximum atomic E-state index is 9.61. The van der Waals surface area contributed by atoms with Gasteiger partial charge in [0.1, 0.15) is 0 Å². The molecule has 0 spiro atoms. The highest BCUT2D eigenvalue weighted by Gasteiger charge is 2.03. The van der Waals surface area contributed by atoms with Crippen LogP contribution in [0, 0.1) is 5.92 Å². The normalized spacial score (nSPS) is 13.2. The van der Waals surface area contributed by atoms with Gasteiger partial charge in [0.05, 0.1) is 12.7 Å². The van der Waals surface area contributed by atoms with Crippen LogP contribution in [0.5, 0.6) is 0 Å². The van der Waals surface area contributed by atoms with Gasteiger partial charge in [-0.1, -0.05) is 40.0 Å². The highest BCUT2D eigenvalue weighted by atomic mass is 16.5. The fourth-order valence-corrected chi connectivity index (χ4v) is 1.60. The monoisotopic (exact) mass is 245 g/mol. The van der Waals surface area contributed by atoms with Crippen molar-refractivity contribution in [2.75, 3.05) is 26.3 Å². The van der Waals surface area contributed by atoms with E-state index in [0.29, 0.717) is 13.2 Å². The number of hydrogen-bond donors (Lipinski definition) is 2. The second-order valence-electron chi connectivity index (χ2n) is 5.18. The number of rotatable bonds is 12. The summed E-state index contributed by atoms with van der Waals surface area (Å²) in [5.74, 6) is 0.799. The van der Waals surface area contributed by atoms with Crippen molar-refractivity contribution in [2.45, 2.75) is 59.0 Å². The molecule has 0 aromatic rings. The molecule has 0 saturated carbocycles. The van der Waals surface area contributed by atoms with Gasteiger partial charge < -0.3 is 15.2 Å². The van der Waals surface area contributed by atoms with E-state index in [9.17, 15) is 5.11 Å². The number of hydrogen-bond acceptors (Lipinski definition) is 3. The molecule has 0 heterocycles. The molecule has 2 N–H and O–H groups in total. The fourth-order valence-electron chi connectivity index (χ4n) is 1.60. The number of aliphatic hydroxyl groups excluding tert-OH is 1. The predicted molar refractivity (Wildman–Crippen MR) is 73.3 cm³/mol. The SMILES string of the molecule is CCCCOCC(O)CNCCCCC(C)C. The maximum absolute atomic E-state index is 9.61. The van der Waals surface area contributed by atoms with Crippen molar-refractivity contribution < 1.29 is 9.84 Å². The minimum absolute atomic E-state index is 0.364. The Bertz CT molecular complexity index is 151. The molecule has 104 valence electrons. The lowest BCUT2D eigenvalue weighted by atomic mass is 10.1. The van der Waals surface area contributed by atoms with E-state index in [1.54, 1.807) is 0 Å². The van der Waals surface area contributed by atoms with E-state index in [-0.39, 0.29) is 6.10 Å². The van der Waals surface area contributed by atoms with Crippen molar-refractivity contribution in [3.63, 3.8) is 0 Å². The van der Waals surface area contributed by atoms with Crippen LogP contribution < -0.4 is 5.32 Å². The number of ether oxygens (including phenoxy) is 1. The smallest absolute Gasteiger partial charge is 0.0897 e. The minimum atomic E-state index is -0.364. The van der Waals surface area contributed by atoms with Crippen LogP contribution in [0.2, 0.25) is 0 Å². The van der Waals surface area contributed by atoms with E-state index in [0.717, 1.165) is 31.9 Å². The van der Waals surface area contributed by atoms with Gasteiger partial charge in [0.2, 0.25) is 0 Å². The molecule has 0 fully saturated rings. The lowest BCUT2D eigenvalue weighted by Gasteiger charge is -2.12. The van der Waals surface area contributed by atoms with E-state index < -0.39 is 0 Å². The molecule has 0 aliphatic heterocycles. The highest BCUT2D eigenvalue weighted by molar-refractivity contribution is 4.58. The summed E-state index contributed by atoms with van der Waals surface area (Å²) in [5.41, 5.74) is 0. The molecule has 0 aromatic carbocycles. The standard InChI is InChI=1S/C14H31NO2/c1-4-5-10-17-12-14(16)11-15-9-7-6-8-13(2)3/h13-16H,4-12H2,1-3H3. The topological polar surface area (TPSA) is 41.5 Å². The molecule has 0 saturated heterocycles. The van der Waals surface area contributed by atoms with Gasteiger partial charge in [0.15, 0.2) is 0 Å². The van der Waals surface area contributed by atoms with Crippen molar-refractivity contribution in [1.82, 2.24) is 5.32 Å². The van der Waals surface area contributed by atoms with Crippen LogP contribution in [0.3, 0.4) is 0 Å². The number of nitrogens with one attached hydrogen (secondary N) is 1. The summed E-state index contributed by atoms with van der Waals surface area (Å²) >= 11 is 0. The van der Waals surface area contributed by atoms with Gasteiger partial charge in [0.25, 0.3) is 0 Å². The third-order valence-corrected chi connectivity index (χ3v) is 2.72. The molecule has 1 atom stereocenters. The molecular formula is C14H31NO2. The Kier molecular flexibility index (Phi) is 12.3. The van der Waals surface area contributed by atoms with Crippen LogP contribution in [0.15, 0.2) is 0 Å². The lowest BCUT2D eigenvalue weighted by molar-refractivity contribution is 0.0360. The second kappa shape index (κ2) is 12.3. The molecule has 1 unspecified atom stereocenters. The van der Waals surface area contributed by atoms with Crippen molar-refractivity contribution in [2.24, 2.45) is 5.92 Å². The van der Waals surface area contributed by atoms with Gasteiger partial charge in [-0.2, -0.15) is 0 Å². The Balaban J connectivity index is 3.13. The first-order chi connectivity index (χ1) is 8.16. The summed E-state index contributed by atoms with van der Waals surface area (Å²) in [4.78, 5) is 0. The highest BCUT2D eigenvalue weighted by Crippen LogP contribution is 2.04. The van der Waals surface area contributed by atoms with Crippen molar-refractivity contribution >= 4 is 0 Å². The zero-order valence-electron chi connectivity index (χ0n) is 11.9. The molecule has 0 aromatic heterocycles. The summed E-state index contributed by atoms with van der Waals surface area (Å²) in [6.45, 7) is 9.52. The average Bonchev–Trinajstić information content (AvgIpc) is 2.29. The first-order valence-electron chi connectivity index (χ1n) is 7.13. The summed E-state index contributed by atoms with van der Waals surface area (Å²) in [6.07, 6.45) is 5.62. The number of unbranched alkanes of at least 4 members (excludes halogenated alkanes) is 2. The Hall–Kier alpha value is -0.120. The molecule has 3 nitrogen and oxygen atoms in total. The fraction of sp³-hybridized carbons (Fsp3) is 1.00. The number of aliphatic hydroxyl groups is 1. The molecule has 0 rings (SSSR count). The summed E-state index contributed by atoms with van der Waals surface area (Å²) in [7, 11) is 0. The molecular weight excluding hydrogens is 214 g/mol. The van der Waals surface area contributed by atoms with Crippen molar-refractivity contribution in [3.8, 4) is 0 Å². The largest absolute Gasteiger partial charge is 0.389 e. The maximum Gasteiger partial charge on any atom is 0.0897 e. The van der Waals surface area contributed by atoms with Crippen LogP contribution in [0.1, 0.15) is 52.9 Å². The molecule has 0 amide bonds. The molecule has 0 radical (unpaired) electrons. The van der Waals surface area contributed by atoms with Crippen LogP contribution in [0.4, 0.5) is 0 Å². The Morgan fingerprint density at radius 2 is 1.94 bits per heavy atom. The van der Waals surface area contributed by atoms with Gasteiger partial charge in [-0.15, -0.1) is 0 Å². The summed E-state index contributed by atoms with van der Waals surface area (Å²) < 4.78 is 5.36. The zero-order chi connectivity index (χ0) is 12.9. The zero-order valence-corrected chi connectivity index (χ0v) is 11.9. The van der Waals surface area contributed by atoms with Gasteiger partial charge in [-0.25, -0.2) is 0 Å². The second-order valence-corrected chi connectivity index (χ2v) is 5.18. The predicted octanol–water partition coefficient (Wildman–Crippen LogP) is 2.58. The molecule has 0 aliphatic rings. The molecule has 3 heteroatoms. The van der Waals surface area contributed by atoms with Crippen LogP contribution in [-0.4, -0.2) is 37.5 Å².